The molecule has 0 bridgehead atoms. The second-order valence-corrected chi connectivity index (χ2v) is 7.25. The van der Waals surface area contributed by atoms with Crippen molar-refractivity contribution in [1.29, 1.82) is 0 Å². The highest BCUT2D eigenvalue weighted by atomic mass is 32.2. The minimum absolute atomic E-state index is 0.0141. The van der Waals surface area contributed by atoms with Crippen molar-refractivity contribution in [1.82, 2.24) is 4.90 Å². The maximum atomic E-state index is 12.6. The Balaban J connectivity index is 1.67. The maximum Gasteiger partial charge on any atom is 0.266 e. The first-order chi connectivity index (χ1) is 12.2. The predicted molar refractivity (Wildman–Crippen MR) is 108 cm³/mol. The number of thioether (sulfide) groups is 1. The molecule has 25 heavy (non-hydrogen) atoms. The van der Waals surface area contributed by atoms with Crippen molar-refractivity contribution >= 4 is 40.3 Å². The Labute approximate surface area is 157 Å². The van der Waals surface area contributed by atoms with E-state index in [2.05, 4.69) is 12.1 Å². The van der Waals surface area contributed by atoms with E-state index in [1.807, 2.05) is 55.5 Å². The first-order valence-electron chi connectivity index (χ1n) is 8.19. The van der Waals surface area contributed by atoms with Crippen LogP contribution in [0.25, 0.3) is 6.08 Å². The van der Waals surface area contributed by atoms with E-state index < -0.39 is 0 Å². The average Bonchev–Trinajstić information content (AvgIpc) is 2.89. The molecule has 0 aromatic heterocycles. The molecule has 3 nitrogen and oxygen atoms in total. The van der Waals surface area contributed by atoms with Crippen LogP contribution in [0.2, 0.25) is 0 Å². The summed E-state index contributed by atoms with van der Waals surface area (Å²) in [4.78, 5) is 15.0. The molecule has 1 aliphatic heterocycles. The summed E-state index contributed by atoms with van der Waals surface area (Å²) in [5.74, 6) is 0.815. The summed E-state index contributed by atoms with van der Waals surface area (Å²) in [6.45, 7) is 3.20. The number of nitrogens with zero attached hydrogens (tertiary/aromatic N) is 1. The number of ether oxygens (including phenoxy) is 1. The first kappa shape index (κ1) is 17.7. The number of carbonyl (C=O) groups excluding carboxylic acids is 1. The third-order valence-corrected chi connectivity index (χ3v) is 5.21. The van der Waals surface area contributed by atoms with Crippen LogP contribution in [0.5, 0.6) is 5.75 Å². The Kier molecular flexibility index (Phi) is 5.89. The van der Waals surface area contributed by atoms with Gasteiger partial charge in [-0.3, -0.25) is 9.69 Å². The van der Waals surface area contributed by atoms with E-state index >= 15 is 0 Å². The lowest BCUT2D eigenvalue weighted by molar-refractivity contribution is -0.122. The number of benzene rings is 2. The number of rotatable bonds is 6. The van der Waals surface area contributed by atoms with Gasteiger partial charge in [-0.05, 0) is 42.7 Å². The van der Waals surface area contributed by atoms with Crippen LogP contribution in [-0.2, 0) is 11.2 Å². The van der Waals surface area contributed by atoms with Crippen LogP contribution in [-0.4, -0.2) is 28.3 Å². The summed E-state index contributed by atoms with van der Waals surface area (Å²) in [6, 6.07) is 17.8. The van der Waals surface area contributed by atoms with Crippen molar-refractivity contribution in [2.45, 2.75) is 13.3 Å². The van der Waals surface area contributed by atoms with E-state index in [1.165, 1.54) is 17.3 Å². The third-order valence-electron chi connectivity index (χ3n) is 3.83. The minimum atomic E-state index is -0.0141. The molecule has 0 unspecified atom stereocenters. The monoisotopic (exact) mass is 369 g/mol. The predicted octanol–water partition coefficient (Wildman–Crippen LogP) is 4.53. The lowest BCUT2D eigenvalue weighted by Gasteiger charge is -2.14. The van der Waals surface area contributed by atoms with Gasteiger partial charge in [0.05, 0.1) is 11.5 Å². The fourth-order valence-corrected chi connectivity index (χ4v) is 3.87. The van der Waals surface area contributed by atoms with Gasteiger partial charge in [-0.25, -0.2) is 0 Å². The first-order valence-corrected chi connectivity index (χ1v) is 9.42. The van der Waals surface area contributed by atoms with Gasteiger partial charge < -0.3 is 4.74 Å². The van der Waals surface area contributed by atoms with Crippen molar-refractivity contribution < 1.29 is 9.53 Å². The van der Waals surface area contributed by atoms with Gasteiger partial charge >= 0.3 is 0 Å². The third kappa shape index (κ3) is 4.50. The van der Waals surface area contributed by atoms with Gasteiger partial charge in [-0.1, -0.05) is 66.4 Å². The highest BCUT2D eigenvalue weighted by Gasteiger charge is 2.31. The van der Waals surface area contributed by atoms with Crippen molar-refractivity contribution in [3.05, 3.63) is 70.6 Å². The van der Waals surface area contributed by atoms with Crippen molar-refractivity contribution in [3.63, 3.8) is 0 Å². The van der Waals surface area contributed by atoms with Crippen LogP contribution >= 0.6 is 24.0 Å². The smallest absolute Gasteiger partial charge is 0.266 e. The minimum Gasteiger partial charge on any atom is -0.494 e. The Morgan fingerprint density at radius 2 is 1.84 bits per heavy atom. The van der Waals surface area contributed by atoms with Crippen LogP contribution in [0.4, 0.5) is 0 Å². The summed E-state index contributed by atoms with van der Waals surface area (Å²) in [5.41, 5.74) is 2.17. The van der Waals surface area contributed by atoms with E-state index in [0.29, 0.717) is 22.4 Å². The zero-order chi connectivity index (χ0) is 17.6. The molecule has 1 heterocycles. The summed E-state index contributed by atoms with van der Waals surface area (Å²) in [5, 5.41) is 0. The fraction of sp³-hybridized carbons (Fsp3) is 0.200. The number of carbonyl (C=O) groups is 1. The quantitative estimate of drug-likeness (QED) is 0.553. The zero-order valence-corrected chi connectivity index (χ0v) is 15.6. The van der Waals surface area contributed by atoms with E-state index in [-0.39, 0.29) is 5.91 Å². The molecular weight excluding hydrogens is 350 g/mol. The van der Waals surface area contributed by atoms with Crippen molar-refractivity contribution in [3.8, 4) is 5.75 Å². The van der Waals surface area contributed by atoms with Gasteiger partial charge in [0.25, 0.3) is 5.91 Å². The second-order valence-electron chi connectivity index (χ2n) is 5.57. The van der Waals surface area contributed by atoms with Crippen molar-refractivity contribution in [2.75, 3.05) is 13.2 Å². The van der Waals surface area contributed by atoms with E-state index in [0.717, 1.165) is 17.7 Å². The maximum absolute atomic E-state index is 12.6. The van der Waals surface area contributed by atoms with Crippen LogP contribution in [0.15, 0.2) is 59.5 Å². The lowest BCUT2D eigenvalue weighted by Crippen LogP contribution is -2.30. The van der Waals surface area contributed by atoms with Gasteiger partial charge in [0.15, 0.2) is 0 Å². The molecule has 1 fully saturated rings. The zero-order valence-electron chi connectivity index (χ0n) is 14.0. The number of hydrogen-bond donors (Lipinski definition) is 0. The Hall–Kier alpha value is -2.11. The van der Waals surface area contributed by atoms with E-state index in [9.17, 15) is 4.79 Å². The van der Waals surface area contributed by atoms with Gasteiger partial charge in [0.2, 0.25) is 0 Å². The van der Waals surface area contributed by atoms with Crippen LogP contribution in [0.1, 0.15) is 18.1 Å². The number of hydrogen-bond acceptors (Lipinski definition) is 4. The summed E-state index contributed by atoms with van der Waals surface area (Å²) in [7, 11) is 0. The SMILES string of the molecule is CCOc1ccc(/C=C2\SC(=S)N(CCc3ccccc3)C2=O)cc1. The molecule has 1 aliphatic rings. The lowest BCUT2D eigenvalue weighted by atomic mass is 10.1. The molecule has 0 N–H and O–H groups in total. The summed E-state index contributed by atoms with van der Waals surface area (Å²) in [6.07, 6.45) is 2.68. The van der Waals surface area contributed by atoms with E-state index in [1.54, 1.807) is 4.90 Å². The van der Waals surface area contributed by atoms with Crippen LogP contribution in [0, 0.1) is 0 Å². The molecule has 2 aromatic rings. The molecule has 128 valence electrons. The summed E-state index contributed by atoms with van der Waals surface area (Å²) >= 11 is 6.75. The fourth-order valence-electron chi connectivity index (χ4n) is 2.56. The van der Waals surface area contributed by atoms with Gasteiger partial charge in [0, 0.05) is 6.54 Å². The molecule has 0 radical (unpaired) electrons. The normalized spacial score (nSPS) is 15.9. The molecule has 3 rings (SSSR count). The molecule has 0 atom stereocenters. The molecule has 1 amide bonds. The topological polar surface area (TPSA) is 29.5 Å². The molecule has 0 aliphatic carbocycles. The Morgan fingerprint density at radius 1 is 1.12 bits per heavy atom. The number of thiocarbonyl (C=S) groups is 1. The van der Waals surface area contributed by atoms with Gasteiger partial charge in [-0.15, -0.1) is 0 Å². The highest BCUT2D eigenvalue weighted by molar-refractivity contribution is 8.26. The standard InChI is InChI=1S/C20H19NO2S2/c1-2-23-17-10-8-16(9-11-17)14-18-19(22)21(20(24)25-18)13-12-15-6-4-3-5-7-15/h3-11,14H,2,12-13H2,1H3/b18-14-. The van der Waals surface area contributed by atoms with Gasteiger partial charge in [-0.2, -0.15) is 0 Å². The highest BCUT2D eigenvalue weighted by Crippen LogP contribution is 2.32. The van der Waals surface area contributed by atoms with Crippen molar-refractivity contribution in [2.24, 2.45) is 0 Å². The molecule has 0 saturated carbocycles. The number of amides is 1. The molecular formula is C20H19NO2S2. The van der Waals surface area contributed by atoms with Crippen LogP contribution in [0.3, 0.4) is 0 Å². The Bertz CT molecular complexity index is 785. The van der Waals surface area contributed by atoms with Crippen LogP contribution < -0.4 is 4.74 Å². The summed E-state index contributed by atoms with van der Waals surface area (Å²) < 4.78 is 6.06. The Morgan fingerprint density at radius 3 is 2.52 bits per heavy atom. The molecule has 0 spiro atoms. The molecule has 2 aromatic carbocycles. The second kappa shape index (κ2) is 8.32. The largest absolute Gasteiger partial charge is 0.494 e. The van der Waals surface area contributed by atoms with E-state index in [4.69, 9.17) is 17.0 Å². The van der Waals surface area contributed by atoms with Gasteiger partial charge in [0.1, 0.15) is 10.1 Å². The molecule has 5 heteroatoms. The average molecular weight is 370 g/mol. The molecule has 1 saturated heterocycles.